The first-order valence-electron chi connectivity index (χ1n) is 6.70. The minimum Gasteiger partial charge on any atom is -0.481 e. The highest BCUT2D eigenvalue weighted by atomic mass is 16.5. The van der Waals surface area contributed by atoms with Crippen molar-refractivity contribution in [3.63, 3.8) is 0 Å². The minimum absolute atomic E-state index is 0.0956. The molecule has 0 spiro atoms. The van der Waals surface area contributed by atoms with E-state index in [1.807, 2.05) is 4.57 Å². The number of benzene rings is 1. The number of methoxy groups -OCH3 is 1. The van der Waals surface area contributed by atoms with Gasteiger partial charge in [-0.3, -0.25) is 4.79 Å². The predicted octanol–water partition coefficient (Wildman–Crippen LogP) is 2.32. The van der Waals surface area contributed by atoms with E-state index in [0.29, 0.717) is 19.6 Å². The Hall–Kier alpha value is -1.88. The fraction of sp³-hybridized carbons (Fsp3) is 0.467. The number of rotatable bonds is 6. The van der Waals surface area contributed by atoms with Crippen LogP contribution >= 0.6 is 0 Å². The van der Waals surface area contributed by atoms with Gasteiger partial charge in [-0.1, -0.05) is 0 Å². The first kappa shape index (κ1) is 14.5. The second-order valence-corrected chi connectivity index (χ2v) is 4.99. The van der Waals surface area contributed by atoms with E-state index >= 15 is 0 Å². The lowest BCUT2D eigenvalue weighted by Gasteiger charge is -2.08. The highest BCUT2D eigenvalue weighted by Gasteiger charge is 2.12. The molecule has 1 N–H and O–H groups in total. The molecule has 0 atom stereocenters. The zero-order valence-electron chi connectivity index (χ0n) is 12.1. The number of imidazole rings is 1. The molecule has 0 saturated heterocycles. The number of carboxylic acid groups (broad SMARTS) is 1. The second-order valence-electron chi connectivity index (χ2n) is 4.99. The summed E-state index contributed by atoms with van der Waals surface area (Å²) in [6.45, 7) is 5.12. The summed E-state index contributed by atoms with van der Waals surface area (Å²) in [6, 6.07) is 4.13. The SMILES string of the molecule is COCCc1nc2cc(C)c(C)cc2n1CCC(=O)O. The Bertz CT molecular complexity index is 632. The standard InChI is InChI=1S/C15H20N2O3/c1-10-8-12-13(9-11(10)2)17(6-4-15(18)19)14(16-12)5-7-20-3/h8-9H,4-7H2,1-3H3,(H,18,19). The topological polar surface area (TPSA) is 64.4 Å². The fourth-order valence-corrected chi connectivity index (χ4v) is 2.27. The molecule has 0 saturated carbocycles. The molecule has 1 heterocycles. The van der Waals surface area contributed by atoms with E-state index in [2.05, 4.69) is 31.0 Å². The molecule has 0 fully saturated rings. The summed E-state index contributed by atoms with van der Waals surface area (Å²) in [4.78, 5) is 15.4. The quantitative estimate of drug-likeness (QED) is 0.879. The molecule has 0 bridgehead atoms. The van der Waals surface area contributed by atoms with Crippen LogP contribution in [0.15, 0.2) is 12.1 Å². The summed E-state index contributed by atoms with van der Waals surface area (Å²) in [7, 11) is 1.65. The van der Waals surface area contributed by atoms with Crippen LogP contribution in [0.3, 0.4) is 0 Å². The molecule has 108 valence electrons. The molecule has 1 aromatic carbocycles. The zero-order valence-corrected chi connectivity index (χ0v) is 12.1. The minimum atomic E-state index is -0.798. The van der Waals surface area contributed by atoms with Crippen molar-refractivity contribution in [1.82, 2.24) is 9.55 Å². The van der Waals surface area contributed by atoms with Crippen molar-refractivity contribution >= 4 is 17.0 Å². The lowest BCUT2D eigenvalue weighted by Crippen LogP contribution is -2.10. The molecule has 2 rings (SSSR count). The number of carboxylic acids is 1. The second kappa shape index (κ2) is 6.05. The molecule has 2 aromatic rings. The highest BCUT2D eigenvalue weighted by Crippen LogP contribution is 2.21. The summed E-state index contributed by atoms with van der Waals surface area (Å²) in [5.74, 6) is 0.0847. The van der Waals surface area contributed by atoms with E-state index in [9.17, 15) is 4.79 Å². The van der Waals surface area contributed by atoms with E-state index in [1.165, 1.54) is 11.1 Å². The van der Waals surface area contributed by atoms with Gasteiger partial charge in [0.25, 0.3) is 0 Å². The number of nitrogens with zero attached hydrogens (tertiary/aromatic N) is 2. The summed E-state index contributed by atoms with van der Waals surface area (Å²) in [5.41, 5.74) is 4.30. The molecule has 5 nitrogen and oxygen atoms in total. The number of ether oxygens (including phenoxy) is 1. The third-order valence-electron chi connectivity index (χ3n) is 3.52. The van der Waals surface area contributed by atoms with Gasteiger partial charge in [-0.05, 0) is 37.1 Å². The normalized spacial score (nSPS) is 11.2. The molecule has 0 aliphatic heterocycles. The van der Waals surface area contributed by atoms with Crippen LogP contribution < -0.4 is 0 Å². The van der Waals surface area contributed by atoms with Crippen LogP contribution in [-0.4, -0.2) is 34.3 Å². The van der Waals surface area contributed by atoms with Crippen LogP contribution in [0.25, 0.3) is 11.0 Å². The molecule has 0 aliphatic rings. The van der Waals surface area contributed by atoms with Crippen molar-refractivity contribution in [2.75, 3.05) is 13.7 Å². The summed E-state index contributed by atoms with van der Waals surface area (Å²) in [6.07, 6.45) is 0.779. The van der Waals surface area contributed by atoms with Crippen LogP contribution in [0.5, 0.6) is 0 Å². The van der Waals surface area contributed by atoms with E-state index in [4.69, 9.17) is 9.84 Å². The Balaban J connectivity index is 2.46. The third kappa shape index (κ3) is 2.99. The van der Waals surface area contributed by atoms with Gasteiger partial charge in [-0.25, -0.2) is 4.98 Å². The van der Waals surface area contributed by atoms with Gasteiger partial charge in [0, 0.05) is 20.1 Å². The van der Waals surface area contributed by atoms with Crippen molar-refractivity contribution in [3.05, 3.63) is 29.1 Å². The number of carbonyl (C=O) groups is 1. The van der Waals surface area contributed by atoms with Gasteiger partial charge in [0.2, 0.25) is 0 Å². The Morgan fingerprint density at radius 3 is 2.70 bits per heavy atom. The summed E-state index contributed by atoms with van der Waals surface area (Å²) >= 11 is 0. The van der Waals surface area contributed by atoms with E-state index < -0.39 is 5.97 Å². The average Bonchev–Trinajstić information content (AvgIpc) is 2.71. The zero-order chi connectivity index (χ0) is 14.7. The van der Waals surface area contributed by atoms with Crippen LogP contribution in [0, 0.1) is 13.8 Å². The number of hydrogen-bond donors (Lipinski definition) is 1. The van der Waals surface area contributed by atoms with Gasteiger partial charge in [0.05, 0.1) is 24.1 Å². The molecule has 20 heavy (non-hydrogen) atoms. The maximum atomic E-state index is 10.8. The molecular formula is C15H20N2O3. The number of aryl methyl sites for hydroxylation is 3. The first-order valence-corrected chi connectivity index (χ1v) is 6.70. The van der Waals surface area contributed by atoms with Crippen LogP contribution in [-0.2, 0) is 22.5 Å². The lowest BCUT2D eigenvalue weighted by molar-refractivity contribution is -0.137. The van der Waals surface area contributed by atoms with Gasteiger partial charge >= 0.3 is 5.97 Å². The van der Waals surface area contributed by atoms with Crippen molar-refractivity contribution in [3.8, 4) is 0 Å². The molecule has 0 radical (unpaired) electrons. The van der Waals surface area contributed by atoms with E-state index in [1.54, 1.807) is 7.11 Å². The Labute approximate surface area is 118 Å². The van der Waals surface area contributed by atoms with Crippen molar-refractivity contribution < 1.29 is 14.6 Å². The fourth-order valence-electron chi connectivity index (χ4n) is 2.27. The number of hydrogen-bond acceptors (Lipinski definition) is 3. The van der Waals surface area contributed by atoms with Gasteiger partial charge in [0.1, 0.15) is 5.82 Å². The average molecular weight is 276 g/mol. The van der Waals surface area contributed by atoms with Crippen LogP contribution in [0.2, 0.25) is 0 Å². The smallest absolute Gasteiger partial charge is 0.305 e. The largest absolute Gasteiger partial charge is 0.481 e. The summed E-state index contributed by atoms with van der Waals surface area (Å²) in [5, 5.41) is 8.89. The van der Waals surface area contributed by atoms with Crippen LogP contribution in [0.4, 0.5) is 0 Å². The number of fused-ring (bicyclic) bond motifs is 1. The van der Waals surface area contributed by atoms with Gasteiger partial charge in [-0.2, -0.15) is 0 Å². The Morgan fingerprint density at radius 2 is 2.05 bits per heavy atom. The first-order chi connectivity index (χ1) is 9.52. The van der Waals surface area contributed by atoms with Crippen molar-refractivity contribution in [1.29, 1.82) is 0 Å². The van der Waals surface area contributed by atoms with Gasteiger partial charge in [0.15, 0.2) is 0 Å². The predicted molar refractivity (Wildman–Crippen MR) is 77.0 cm³/mol. The van der Waals surface area contributed by atoms with Crippen molar-refractivity contribution in [2.45, 2.75) is 33.2 Å². The lowest BCUT2D eigenvalue weighted by atomic mass is 10.1. The molecular weight excluding hydrogens is 256 g/mol. The van der Waals surface area contributed by atoms with Gasteiger partial charge < -0.3 is 14.4 Å². The van der Waals surface area contributed by atoms with Crippen LogP contribution in [0.1, 0.15) is 23.4 Å². The molecule has 0 amide bonds. The van der Waals surface area contributed by atoms with E-state index in [-0.39, 0.29) is 6.42 Å². The highest BCUT2D eigenvalue weighted by molar-refractivity contribution is 5.78. The molecule has 5 heteroatoms. The Kier molecular flexibility index (Phi) is 4.39. The number of aliphatic carboxylic acids is 1. The Morgan fingerprint density at radius 1 is 1.35 bits per heavy atom. The van der Waals surface area contributed by atoms with Gasteiger partial charge in [-0.15, -0.1) is 0 Å². The molecule has 1 aromatic heterocycles. The molecule has 0 aliphatic carbocycles. The molecule has 0 unspecified atom stereocenters. The summed E-state index contributed by atoms with van der Waals surface area (Å²) < 4.78 is 7.10. The number of aromatic nitrogens is 2. The third-order valence-corrected chi connectivity index (χ3v) is 3.52. The monoisotopic (exact) mass is 276 g/mol. The maximum absolute atomic E-state index is 10.8. The maximum Gasteiger partial charge on any atom is 0.305 e. The van der Waals surface area contributed by atoms with Crippen molar-refractivity contribution in [2.24, 2.45) is 0 Å². The van der Waals surface area contributed by atoms with E-state index in [0.717, 1.165) is 16.9 Å².